The zero-order valence-electron chi connectivity index (χ0n) is 8.33. The molecule has 1 unspecified atom stereocenters. The molecule has 74 valence electrons. The van der Waals surface area contributed by atoms with Crippen LogP contribution in [-0.4, -0.2) is 26.5 Å². The van der Waals surface area contributed by atoms with Crippen molar-refractivity contribution in [1.29, 1.82) is 0 Å². The van der Waals surface area contributed by atoms with Gasteiger partial charge in [0.1, 0.15) is 0 Å². The van der Waals surface area contributed by atoms with E-state index in [0.717, 1.165) is 0 Å². The van der Waals surface area contributed by atoms with E-state index in [1.165, 1.54) is 6.26 Å². The molecule has 13 heavy (non-hydrogen) atoms. The maximum absolute atomic E-state index is 11.4. The second-order valence-corrected chi connectivity index (χ2v) is 6.51. The fraction of sp³-hybridized carbons (Fsp3) is 0.625. The summed E-state index contributed by atoms with van der Waals surface area (Å²) in [5.41, 5.74) is -0.212. The quantitative estimate of drug-likeness (QED) is 0.639. The number of hydrogen-bond acceptors (Lipinski definition) is 4. The monoisotopic (exact) mass is 202 g/mol. The summed E-state index contributed by atoms with van der Waals surface area (Å²) >= 11 is 0. The predicted molar refractivity (Wildman–Crippen MR) is 52.5 cm³/mol. The van der Waals surface area contributed by atoms with E-state index < -0.39 is 9.52 Å². The second kappa shape index (κ2) is 2.83. The van der Waals surface area contributed by atoms with Gasteiger partial charge in [-0.05, 0) is 11.0 Å². The molecule has 0 amide bonds. The average Bonchev–Trinajstić information content (AvgIpc) is 2.28. The molecular weight excluding hydrogens is 188 g/mol. The van der Waals surface area contributed by atoms with E-state index in [2.05, 4.69) is 16.0 Å². The lowest BCUT2D eigenvalue weighted by molar-refractivity contribution is 0.315. The molecule has 0 spiro atoms. The van der Waals surface area contributed by atoms with Crippen molar-refractivity contribution >= 4 is 15.4 Å². The van der Waals surface area contributed by atoms with Crippen LogP contribution in [-0.2, 0) is 14.9 Å². The summed E-state index contributed by atoms with van der Waals surface area (Å²) in [6.45, 7) is 5.85. The third-order valence-electron chi connectivity index (χ3n) is 1.44. The zero-order chi connectivity index (χ0) is 10.3. The Morgan fingerprint density at radius 2 is 2.00 bits per heavy atom. The Labute approximate surface area is 78.4 Å². The first-order chi connectivity index (χ1) is 5.71. The van der Waals surface area contributed by atoms with Crippen LogP contribution in [0.4, 0.5) is 0 Å². The Bertz CT molecular complexity index is 398. The van der Waals surface area contributed by atoms with Crippen LogP contribution in [0.15, 0.2) is 9.68 Å². The molecule has 1 aromatic heterocycles. The van der Waals surface area contributed by atoms with Gasteiger partial charge in [-0.3, -0.25) is 4.21 Å². The van der Waals surface area contributed by atoms with Crippen LogP contribution in [0, 0.1) is 0 Å². The molecule has 0 radical (unpaired) electrons. The van der Waals surface area contributed by atoms with Gasteiger partial charge in [-0.1, -0.05) is 20.8 Å². The van der Waals surface area contributed by atoms with E-state index in [9.17, 15) is 4.21 Å². The fourth-order valence-electron chi connectivity index (χ4n) is 0.690. The van der Waals surface area contributed by atoms with Crippen molar-refractivity contribution in [3.05, 3.63) is 5.89 Å². The van der Waals surface area contributed by atoms with Gasteiger partial charge in [0, 0.05) is 21.2 Å². The number of aromatic nitrogens is 2. The number of rotatable bonds is 1. The summed E-state index contributed by atoms with van der Waals surface area (Å²) in [6.07, 6.45) is 1.49. The lowest BCUT2D eigenvalue weighted by Gasteiger charge is -2.10. The molecule has 1 rings (SSSR count). The van der Waals surface area contributed by atoms with Gasteiger partial charge in [-0.25, -0.2) is 0 Å². The molecule has 0 N–H and O–H groups in total. The summed E-state index contributed by atoms with van der Waals surface area (Å²) in [4.78, 5) is 4.04. The van der Waals surface area contributed by atoms with E-state index in [4.69, 9.17) is 4.52 Å². The minimum atomic E-state index is -2.36. The van der Waals surface area contributed by atoms with Crippen LogP contribution in [0.2, 0.25) is 0 Å². The summed E-state index contributed by atoms with van der Waals surface area (Å²) in [5.74, 6) is 3.97. The van der Waals surface area contributed by atoms with Crippen molar-refractivity contribution in [1.82, 2.24) is 10.1 Å². The van der Waals surface area contributed by atoms with Crippen molar-refractivity contribution in [2.45, 2.75) is 31.3 Å². The van der Waals surface area contributed by atoms with E-state index in [1.807, 2.05) is 20.8 Å². The van der Waals surface area contributed by atoms with Crippen LogP contribution in [0.5, 0.6) is 0 Å². The summed E-state index contributed by atoms with van der Waals surface area (Å²) in [6, 6.07) is 0. The highest BCUT2D eigenvalue weighted by molar-refractivity contribution is 7.99. The van der Waals surface area contributed by atoms with Gasteiger partial charge in [-0.15, -0.1) is 0 Å². The Morgan fingerprint density at radius 3 is 2.23 bits per heavy atom. The predicted octanol–water partition coefficient (Wildman–Crippen LogP) is 1.07. The average molecular weight is 202 g/mol. The first-order valence-electron chi connectivity index (χ1n) is 3.88. The maximum Gasteiger partial charge on any atom is 0.251 e. The molecule has 1 atom stereocenters. The largest absolute Gasteiger partial charge is 0.338 e. The van der Waals surface area contributed by atoms with Gasteiger partial charge in [-0.2, -0.15) is 4.98 Å². The van der Waals surface area contributed by atoms with Crippen molar-refractivity contribution in [2.75, 3.05) is 6.26 Å². The number of hydrogen-bond donors (Lipinski definition) is 0. The van der Waals surface area contributed by atoms with Gasteiger partial charge in [0.15, 0.2) is 0 Å². The smallest absolute Gasteiger partial charge is 0.251 e. The molecule has 1 aromatic rings. The van der Waals surface area contributed by atoms with Crippen molar-refractivity contribution in [3.63, 3.8) is 0 Å². The minimum Gasteiger partial charge on any atom is -0.338 e. The molecule has 0 saturated heterocycles. The highest BCUT2D eigenvalue weighted by Gasteiger charge is 2.23. The van der Waals surface area contributed by atoms with E-state index in [0.29, 0.717) is 5.89 Å². The van der Waals surface area contributed by atoms with Crippen molar-refractivity contribution in [2.24, 2.45) is 0 Å². The van der Waals surface area contributed by atoms with Gasteiger partial charge in [0.2, 0.25) is 5.89 Å². The second-order valence-electron chi connectivity index (χ2n) is 4.14. The summed E-state index contributed by atoms with van der Waals surface area (Å²) < 4.78 is 16.4. The van der Waals surface area contributed by atoms with E-state index in [1.54, 1.807) is 0 Å². The van der Waals surface area contributed by atoms with Crippen LogP contribution in [0.1, 0.15) is 26.7 Å². The standard InChI is InChI=1S/C8H14N2O2S/c1-8(2,3)6-9-7(10-12-6)13(4,5)11/h4H2,1-3,5H3. The summed E-state index contributed by atoms with van der Waals surface area (Å²) in [7, 11) is -2.36. The lowest BCUT2D eigenvalue weighted by atomic mass is 9.97. The van der Waals surface area contributed by atoms with Crippen LogP contribution < -0.4 is 0 Å². The van der Waals surface area contributed by atoms with Crippen molar-refractivity contribution in [3.8, 4) is 0 Å². The van der Waals surface area contributed by atoms with Crippen LogP contribution in [0.3, 0.4) is 0 Å². The number of nitrogens with zero attached hydrogens (tertiary/aromatic N) is 2. The molecule has 4 nitrogen and oxygen atoms in total. The first-order valence-corrected chi connectivity index (χ1v) is 6.01. The molecule has 0 saturated carbocycles. The topological polar surface area (TPSA) is 56.0 Å². The third-order valence-corrected chi connectivity index (χ3v) is 2.37. The Balaban J connectivity index is 3.16. The Morgan fingerprint density at radius 1 is 1.46 bits per heavy atom. The van der Waals surface area contributed by atoms with Gasteiger partial charge in [0.25, 0.3) is 5.16 Å². The Hall–Kier alpha value is -0.840. The van der Waals surface area contributed by atoms with Crippen LogP contribution in [0.25, 0.3) is 0 Å². The zero-order valence-corrected chi connectivity index (χ0v) is 9.14. The normalized spacial score (nSPS) is 16.9. The molecule has 0 aliphatic carbocycles. The molecule has 0 aromatic carbocycles. The molecule has 1 heterocycles. The lowest BCUT2D eigenvalue weighted by Crippen LogP contribution is -2.11. The fourth-order valence-corrected chi connectivity index (χ4v) is 1.16. The van der Waals surface area contributed by atoms with Crippen LogP contribution >= 0.6 is 0 Å². The molecular formula is C8H14N2O2S. The SMILES string of the molecule is C=S(C)(=O)c1noc(C(C)(C)C)n1. The van der Waals surface area contributed by atoms with Gasteiger partial charge < -0.3 is 4.52 Å². The molecule has 5 heteroatoms. The molecule has 0 aliphatic rings. The minimum absolute atomic E-state index is 0.192. The van der Waals surface area contributed by atoms with Crippen molar-refractivity contribution < 1.29 is 8.73 Å². The molecule has 0 bridgehead atoms. The molecule has 0 fully saturated rings. The molecule has 0 aliphatic heterocycles. The Kier molecular flexibility index (Phi) is 2.23. The summed E-state index contributed by atoms with van der Waals surface area (Å²) in [5, 5.41) is 3.82. The van der Waals surface area contributed by atoms with E-state index >= 15 is 0 Å². The highest BCUT2D eigenvalue weighted by atomic mass is 32.2. The highest BCUT2D eigenvalue weighted by Crippen LogP contribution is 2.20. The van der Waals surface area contributed by atoms with Gasteiger partial charge in [0.05, 0.1) is 0 Å². The first kappa shape index (κ1) is 10.2. The third kappa shape index (κ3) is 2.30. The van der Waals surface area contributed by atoms with E-state index in [-0.39, 0.29) is 10.6 Å². The maximum atomic E-state index is 11.4. The van der Waals surface area contributed by atoms with Gasteiger partial charge >= 0.3 is 0 Å².